The van der Waals surface area contributed by atoms with E-state index in [-0.39, 0.29) is 19.1 Å². The van der Waals surface area contributed by atoms with Gasteiger partial charge in [0.2, 0.25) is 5.91 Å². The smallest absolute Gasteiger partial charge is 0.246 e. The van der Waals surface area contributed by atoms with E-state index >= 15 is 0 Å². The number of ether oxygens (including phenoxy) is 2. The molecule has 0 radical (unpaired) electrons. The highest BCUT2D eigenvalue weighted by atomic mass is 35.5. The Morgan fingerprint density at radius 2 is 2.19 bits per heavy atom. The summed E-state index contributed by atoms with van der Waals surface area (Å²) < 4.78 is 16.1. The number of fused-ring (bicyclic) bond motifs is 1. The first-order valence-electron chi connectivity index (χ1n) is 8.75. The lowest BCUT2D eigenvalue weighted by molar-refractivity contribution is -0.125. The SMILES string of the molecule is CCCOCC(=O)NCc1cc2cc(Cl)c(OCc3cc(C)no3)cc2[nH]1. The van der Waals surface area contributed by atoms with Crippen LogP contribution in [-0.4, -0.2) is 29.3 Å². The molecule has 3 aromatic rings. The summed E-state index contributed by atoms with van der Waals surface area (Å²) in [5.41, 5.74) is 2.54. The van der Waals surface area contributed by atoms with Crippen LogP contribution in [0.25, 0.3) is 10.9 Å². The van der Waals surface area contributed by atoms with Gasteiger partial charge in [-0.15, -0.1) is 0 Å². The molecule has 0 saturated carbocycles. The van der Waals surface area contributed by atoms with E-state index in [1.807, 2.05) is 38.1 Å². The van der Waals surface area contributed by atoms with Crippen LogP contribution in [0.3, 0.4) is 0 Å². The number of aromatic amines is 1. The van der Waals surface area contributed by atoms with Crippen LogP contribution in [0.1, 0.15) is 30.5 Å². The summed E-state index contributed by atoms with van der Waals surface area (Å²) in [5.74, 6) is 1.03. The molecule has 0 aliphatic heterocycles. The quantitative estimate of drug-likeness (QED) is 0.542. The zero-order valence-corrected chi connectivity index (χ0v) is 16.1. The van der Waals surface area contributed by atoms with Crippen molar-refractivity contribution in [1.29, 1.82) is 0 Å². The van der Waals surface area contributed by atoms with Gasteiger partial charge in [0.05, 0.1) is 17.3 Å². The summed E-state index contributed by atoms with van der Waals surface area (Å²) in [6.07, 6.45) is 0.885. The first-order valence-corrected chi connectivity index (χ1v) is 9.13. The van der Waals surface area contributed by atoms with Crippen LogP contribution in [0, 0.1) is 6.92 Å². The third kappa shape index (κ3) is 5.24. The van der Waals surface area contributed by atoms with E-state index in [1.54, 1.807) is 0 Å². The van der Waals surface area contributed by atoms with Crippen molar-refractivity contribution in [3.8, 4) is 5.75 Å². The van der Waals surface area contributed by atoms with Crippen molar-refractivity contribution >= 4 is 28.4 Å². The van der Waals surface area contributed by atoms with E-state index in [2.05, 4.69) is 15.5 Å². The minimum absolute atomic E-state index is 0.0684. The van der Waals surface area contributed by atoms with Crippen LogP contribution in [-0.2, 0) is 22.7 Å². The van der Waals surface area contributed by atoms with Crippen molar-refractivity contribution in [2.45, 2.75) is 33.4 Å². The third-order valence-electron chi connectivity index (χ3n) is 3.83. The molecule has 0 unspecified atom stereocenters. The molecule has 8 heteroatoms. The molecule has 0 aliphatic carbocycles. The number of benzene rings is 1. The average molecular weight is 392 g/mol. The van der Waals surface area contributed by atoms with Crippen molar-refractivity contribution in [1.82, 2.24) is 15.5 Å². The Hall–Kier alpha value is -2.51. The number of carbonyl (C=O) groups excluding carboxylic acids is 1. The summed E-state index contributed by atoms with van der Waals surface area (Å²) in [4.78, 5) is 15.0. The molecule has 2 N–H and O–H groups in total. The summed E-state index contributed by atoms with van der Waals surface area (Å²) in [6.45, 7) is 5.12. The number of nitrogens with zero attached hydrogens (tertiary/aromatic N) is 1. The van der Waals surface area contributed by atoms with Gasteiger partial charge in [0.1, 0.15) is 19.0 Å². The number of aryl methyl sites for hydroxylation is 1. The standard InChI is InChI=1S/C19H22ClN3O4/c1-3-4-25-11-19(24)21-9-14-6-13-7-16(20)18(8-17(13)22-14)26-10-15-5-12(2)23-27-15/h5-8,22H,3-4,9-11H2,1-2H3,(H,21,24). The maximum Gasteiger partial charge on any atom is 0.246 e. The van der Waals surface area contributed by atoms with E-state index < -0.39 is 0 Å². The number of H-pyrrole nitrogens is 1. The molecular formula is C19H22ClN3O4. The number of aromatic nitrogens is 2. The van der Waals surface area contributed by atoms with Gasteiger partial charge in [0.25, 0.3) is 0 Å². The first-order chi connectivity index (χ1) is 13.0. The number of carbonyl (C=O) groups is 1. The van der Waals surface area contributed by atoms with E-state index in [4.69, 9.17) is 25.6 Å². The topological polar surface area (TPSA) is 89.4 Å². The lowest BCUT2D eigenvalue weighted by Crippen LogP contribution is -2.27. The summed E-state index contributed by atoms with van der Waals surface area (Å²) in [5, 5.41) is 8.08. The lowest BCUT2D eigenvalue weighted by Gasteiger charge is -2.06. The Bertz CT molecular complexity index is 919. The fraction of sp³-hybridized carbons (Fsp3) is 0.368. The van der Waals surface area contributed by atoms with Gasteiger partial charge in [-0.1, -0.05) is 23.7 Å². The fourth-order valence-corrected chi connectivity index (χ4v) is 2.81. The first kappa shape index (κ1) is 19.3. The molecule has 27 heavy (non-hydrogen) atoms. The van der Waals surface area contributed by atoms with Gasteiger partial charge in [0.15, 0.2) is 5.76 Å². The summed E-state index contributed by atoms with van der Waals surface area (Å²) >= 11 is 6.31. The Morgan fingerprint density at radius 1 is 1.33 bits per heavy atom. The molecule has 0 bridgehead atoms. The molecule has 0 spiro atoms. The zero-order valence-electron chi connectivity index (χ0n) is 15.3. The summed E-state index contributed by atoms with van der Waals surface area (Å²) in [7, 11) is 0. The van der Waals surface area contributed by atoms with Gasteiger partial charge in [-0.3, -0.25) is 4.79 Å². The molecule has 0 atom stereocenters. The van der Waals surface area contributed by atoms with Crippen LogP contribution in [0.4, 0.5) is 0 Å². The highest BCUT2D eigenvalue weighted by Gasteiger charge is 2.10. The van der Waals surface area contributed by atoms with Crippen molar-refractivity contribution in [2.75, 3.05) is 13.2 Å². The van der Waals surface area contributed by atoms with E-state index in [0.29, 0.717) is 29.7 Å². The highest BCUT2D eigenvalue weighted by molar-refractivity contribution is 6.32. The Balaban J connectivity index is 1.62. The fourth-order valence-electron chi connectivity index (χ4n) is 2.59. The predicted molar refractivity (Wildman–Crippen MR) is 102 cm³/mol. The third-order valence-corrected chi connectivity index (χ3v) is 4.13. The van der Waals surface area contributed by atoms with Crippen molar-refractivity contribution in [3.05, 3.63) is 46.4 Å². The average Bonchev–Trinajstić information content (AvgIpc) is 3.23. The van der Waals surface area contributed by atoms with Gasteiger partial charge in [-0.2, -0.15) is 0 Å². The van der Waals surface area contributed by atoms with Crippen LogP contribution in [0.5, 0.6) is 5.75 Å². The molecule has 1 aromatic carbocycles. The minimum Gasteiger partial charge on any atom is -0.484 e. The van der Waals surface area contributed by atoms with Gasteiger partial charge >= 0.3 is 0 Å². The highest BCUT2D eigenvalue weighted by Crippen LogP contribution is 2.31. The molecule has 144 valence electrons. The van der Waals surface area contributed by atoms with Crippen molar-refractivity contribution in [2.24, 2.45) is 0 Å². The molecule has 2 heterocycles. The number of nitrogens with one attached hydrogen (secondary N) is 2. The maximum atomic E-state index is 11.7. The maximum absolute atomic E-state index is 11.7. The van der Waals surface area contributed by atoms with Crippen LogP contribution in [0.2, 0.25) is 5.02 Å². The van der Waals surface area contributed by atoms with E-state index in [9.17, 15) is 4.79 Å². The number of amides is 1. The Morgan fingerprint density at radius 3 is 2.93 bits per heavy atom. The molecule has 3 rings (SSSR count). The van der Waals surface area contributed by atoms with Crippen molar-refractivity contribution in [3.63, 3.8) is 0 Å². The van der Waals surface area contributed by atoms with Crippen LogP contribution >= 0.6 is 11.6 Å². The van der Waals surface area contributed by atoms with Gasteiger partial charge in [-0.05, 0) is 25.5 Å². The monoisotopic (exact) mass is 391 g/mol. The van der Waals surface area contributed by atoms with Gasteiger partial charge in [0, 0.05) is 35.3 Å². The van der Waals surface area contributed by atoms with Gasteiger partial charge < -0.3 is 24.3 Å². The molecule has 2 aromatic heterocycles. The summed E-state index contributed by atoms with van der Waals surface area (Å²) in [6, 6.07) is 7.41. The normalized spacial score (nSPS) is 11.1. The second kappa shape index (κ2) is 8.92. The number of hydrogen-bond donors (Lipinski definition) is 2. The molecule has 0 aliphatic rings. The van der Waals surface area contributed by atoms with Crippen molar-refractivity contribution < 1.29 is 18.8 Å². The second-order valence-electron chi connectivity index (χ2n) is 6.22. The molecule has 1 amide bonds. The number of hydrogen-bond acceptors (Lipinski definition) is 5. The molecule has 7 nitrogen and oxygen atoms in total. The molecule has 0 saturated heterocycles. The zero-order chi connectivity index (χ0) is 19.2. The lowest BCUT2D eigenvalue weighted by atomic mass is 10.2. The minimum atomic E-state index is -0.147. The second-order valence-corrected chi connectivity index (χ2v) is 6.62. The Labute approximate surface area is 162 Å². The largest absolute Gasteiger partial charge is 0.484 e. The van der Waals surface area contributed by atoms with Gasteiger partial charge in [-0.25, -0.2) is 0 Å². The number of halogens is 1. The molecular weight excluding hydrogens is 370 g/mol. The predicted octanol–water partition coefficient (Wildman–Crippen LogP) is 3.74. The van der Waals surface area contributed by atoms with Crippen LogP contribution in [0.15, 0.2) is 28.8 Å². The van der Waals surface area contributed by atoms with Crippen LogP contribution < -0.4 is 10.1 Å². The number of rotatable bonds is 9. The Kier molecular flexibility index (Phi) is 6.36. The van der Waals surface area contributed by atoms with E-state index in [1.165, 1.54) is 0 Å². The molecule has 0 fully saturated rings. The van der Waals surface area contributed by atoms with E-state index in [0.717, 1.165) is 28.7 Å².